The van der Waals surface area contributed by atoms with Crippen LogP contribution in [0.5, 0.6) is 0 Å². The maximum Gasteiger partial charge on any atom is 0.00819 e. The highest BCUT2D eigenvalue weighted by molar-refractivity contribution is 9.18. The number of hydrogen-bond donors (Lipinski definition) is 0. The molecule has 0 fully saturated rings. The Morgan fingerprint density at radius 1 is 2.00 bits per heavy atom. The summed E-state index contributed by atoms with van der Waals surface area (Å²) in [4.78, 5) is 0. The van der Waals surface area contributed by atoms with Crippen LogP contribution in [0.1, 0.15) is 0 Å². The first-order chi connectivity index (χ1) is 1.91. The molecule has 0 aliphatic rings. The minimum Gasteiger partial charge on any atom is -0.0823 e. The van der Waals surface area contributed by atoms with Crippen LogP contribution in [0, 0.1) is 0 Å². The summed E-state index contributed by atoms with van der Waals surface area (Å²) in [6.07, 6.45) is 0. The van der Waals surface area contributed by atoms with Gasteiger partial charge in [-0.2, -0.15) is 0 Å². The molecule has 0 radical (unpaired) electrons. The average molecular weight is 157 g/mol. The third-order valence-electron chi connectivity index (χ3n) is 0.0563. The summed E-state index contributed by atoms with van der Waals surface area (Å²) in [6.45, 7) is 0. The fourth-order valence-electron chi connectivity index (χ4n) is 0. The topological polar surface area (TPSA) is 0 Å². The molecule has 4 heavy (non-hydrogen) atoms. The van der Waals surface area contributed by atoms with Gasteiger partial charge in [-0.15, -0.1) is 0 Å². The molecule has 0 spiro atoms. The van der Waals surface area contributed by atoms with Gasteiger partial charge in [-0.1, -0.05) is 32.8 Å². The van der Waals surface area contributed by atoms with Crippen molar-refractivity contribution in [3.63, 3.8) is 0 Å². The Bertz CT molecular complexity index is 21.2. The van der Waals surface area contributed by atoms with Crippen molar-refractivity contribution < 1.29 is 0 Å². The first kappa shape index (κ1) is 5.08. The standard InChI is InChI=1S/CH3BrP2/c2-1-4-3/h1H,3H2. The molecule has 0 saturated carbocycles. The summed E-state index contributed by atoms with van der Waals surface area (Å²) in [7, 11) is 3.73. The van der Waals surface area contributed by atoms with Gasteiger partial charge < -0.3 is 0 Å². The zero-order valence-corrected chi connectivity index (χ0v) is 5.62. The monoisotopic (exact) mass is 156 g/mol. The molecule has 0 rings (SSSR count). The maximum absolute atomic E-state index is 3.09. The first-order valence-electron chi connectivity index (χ1n) is 0.735. The van der Waals surface area contributed by atoms with Crippen molar-refractivity contribution in [1.29, 1.82) is 0 Å². The molecule has 0 bridgehead atoms. The molecule has 0 aromatic carbocycles. The van der Waals surface area contributed by atoms with E-state index in [0.29, 0.717) is 0 Å². The molecule has 0 nitrogen and oxygen atoms in total. The maximum atomic E-state index is 3.09. The molecule has 0 aliphatic heterocycles. The molecule has 0 N–H and O–H groups in total. The molecule has 0 aromatic rings. The minimum absolute atomic E-state index is 1.21. The highest BCUT2D eigenvalue weighted by Gasteiger charge is 1.37. The lowest BCUT2D eigenvalue weighted by Gasteiger charge is -1.46. The van der Waals surface area contributed by atoms with Gasteiger partial charge >= 0.3 is 0 Å². The number of rotatable bonds is 0. The van der Waals surface area contributed by atoms with Gasteiger partial charge in [0.25, 0.3) is 0 Å². The van der Waals surface area contributed by atoms with E-state index in [1.54, 1.807) is 0 Å². The molecule has 3 heteroatoms. The van der Waals surface area contributed by atoms with E-state index in [2.05, 4.69) is 24.9 Å². The van der Waals surface area contributed by atoms with Crippen molar-refractivity contribution in [3.8, 4) is 0 Å². The summed E-state index contributed by atoms with van der Waals surface area (Å²) in [5.41, 5.74) is 0. The molecule has 1 unspecified atom stereocenters. The lowest BCUT2D eigenvalue weighted by atomic mass is 12.0. The predicted octanol–water partition coefficient (Wildman–Crippen LogP) is 1.88. The third kappa shape index (κ3) is 3.08. The van der Waals surface area contributed by atoms with Crippen molar-refractivity contribution in [2.24, 2.45) is 0 Å². The fourth-order valence-corrected chi connectivity index (χ4v) is 0. The quantitative estimate of drug-likeness (QED) is 0.470. The molecular weight excluding hydrogens is 154 g/mol. The highest BCUT2D eigenvalue weighted by Crippen LogP contribution is 2.04. The van der Waals surface area contributed by atoms with Crippen LogP contribution in [0.25, 0.3) is 0 Å². The predicted molar refractivity (Wildman–Crippen MR) is 31.6 cm³/mol. The van der Waals surface area contributed by atoms with E-state index in [1.165, 1.54) is 7.89 Å². The Labute approximate surface area is 38.0 Å². The first-order valence-corrected chi connectivity index (χ1v) is 4.23. The van der Waals surface area contributed by atoms with Crippen LogP contribution in [-0.4, -0.2) is 4.71 Å². The second kappa shape index (κ2) is 4.08. The molecule has 0 heterocycles. The molecule has 1 atom stereocenters. The zero-order valence-electron chi connectivity index (χ0n) is 1.98. The summed E-state index contributed by atoms with van der Waals surface area (Å²) in [6, 6.07) is 0. The van der Waals surface area contributed by atoms with Crippen molar-refractivity contribution in [2.75, 3.05) is 0 Å². The van der Waals surface area contributed by atoms with Crippen LogP contribution in [0.15, 0.2) is 0 Å². The summed E-state index contributed by atoms with van der Waals surface area (Å²) in [5.74, 6) is 0. The van der Waals surface area contributed by atoms with Gasteiger partial charge in [0.15, 0.2) is 0 Å². The van der Waals surface area contributed by atoms with E-state index in [4.69, 9.17) is 0 Å². The summed E-state index contributed by atoms with van der Waals surface area (Å²) >= 11 is 3.09. The van der Waals surface area contributed by atoms with Gasteiger partial charge in [0.05, 0.1) is 0 Å². The van der Waals surface area contributed by atoms with Crippen LogP contribution in [0.3, 0.4) is 0 Å². The average Bonchev–Trinajstić information content (AvgIpc) is 1.37. The molecule has 0 saturated heterocycles. The van der Waals surface area contributed by atoms with Gasteiger partial charge in [0, 0.05) is 4.71 Å². The largest absolute Gasteiger partial charge is 0.0823 e. The highest BCUT2D eigenvalue weighted by atomic mass is 79.9. The van der Waals surface area contributed by atoms with Gasteiger partial charge in [-0.05, 0) is 0 Å². The van der Waals surface area contributed by atoms with Gasteiger partial charge in [-0.25, -0.2) is 0 Å². The Morgan fingerprint density at radius 3 is 2.25 bits per heavy atom. The van der Waals surface area contributed by atoms with E-state index in [1.807, 2.05) is 4.71 Å². The van der Waals surface area contributed by atoms with Gasteiger partial charge in [0.2, 0.25) is 0 Å². The van der Waals surface area contributed by atoms with Crippen molar-refractivity contribution in [3.05, 3.63) is 0 Å². The fraction of sp³-hybridized carbons (Fsp3) is 0. The third-order valence-corrected chi connectivity index (χ3v) is 2.63. The molecular formula is CH3BrP2. The van der Waals surface area contributed by atoms with E-state index in [9.17, 15) is 0 Å². The smallest absolute Gasteiger partial charge is 0.00819 e. The number of hydrogen-bond acceptors (Lipinski definition) is 0. The summed E-state index contributed by atoms with van der Waals surface area (Å²) in [5, 5.41) is 0. The molecule has 0 aliphatic carbocycles. The minimum atomic E-state index is 1.21. The lowest BCUT2D eigenvalue weighted by Crippen LogP contribution is -1.12. The SMILES string of the molecule is P/P=C\Br. The van der Waals surface area contributed by atoms with Crippen LogP contribution in [0.4, 0.5) is 0 Å². The van der Waals surface area contributed by atoms with Crippen LogP contribution < -0.4 is 0 Å². The van der Waals surface area contributed by atoms with Crippen molar-refractivity contribution in [2.45, 2.75) is 0 Å². The normalized spacial score (nSPS) is 9.50. The van der Waals surface area contributed by atoms with E-state index < -0.39 is 0 Å². The number of halogens is 1. The Hall–Kier alpha value is 1.08. The summed E-state index contributed by atoms with van der Waals surface area (Å²) < 4.78 is 1.87. The Kier molecular flexibility index (Phi) is 5.18. The Morgan fingerprint density at radius 2 is 2.25 bits per heavy atom. The van der Waals surface area contributed by atoms with Crippen LogP contribution in [-0.2, 0) is 0 Å². The van der Waals surface area contributed by atoms with E-state index >= 15 is 0 Å². The molecule has 0 amide bonds. The second-order valence-corrected chi connectivity index (χ2v) is 2.86. The van der Waals surface area contributed by atoms with E-state index in [-0.39, 0.29) is 0 Å². The second-order valence-electron chi connectivity index (χ2n) is 0.247. The van der Waals surface area contributed by atoms with Gasteiger partial charge in [0.1, 0.15) is 0 Å². The van der Waals surface area contributed by atoms with Crippen LogP contribution >= 0.6 is 32.8 Å². The zero-order chi connectivity index (χ0) is 3.41. The molecule has 24 valence electrons. The van der Waals surface area contributed by atoms with Crippen LogP contribution in [0.2, 0.25) is 0 Å². The van der Waals surface area contributed by atoms with E-state index in [0.717, 1.165) is 0 Å². The van der Waals surface area contributed by atoms with Crippen molar-refractivity contribution >= 4 is 37.5 Å². The van der Waals surface area contributed by atoms with Gasteiger partial charge in [-0.3, -0.25) is 0 Å². The van der Waals surface area contributed by atoms with Crippen molar-refractivity contribution in [1.82, 2.24) is 0 Å². The molecule has 0 aromatic heterocycles. The lowest BCUT2D eigenvalue weighted by molar-refractivity contribution is 4.53. The Balaban J connectivity index is 2.55.